The Kier molecular flexibility index (Phi) is 5.87. The number of rotatable bonds is 6. The minimum absolute atomic E-state index is 0.306. The SMILES string of the molecule is C[C@@H](OC(=O)COc1ccc2ccccc2c1)C(=O)Nc1cccc(C#N)c1. The molecule has 1 amide bonds. The van der Waals surface area contributed by atoms with E-state index in [0.717, 1.165) is 10.8 Å². The van der Waals surface area contributed by atoms with Crippen LogP contribution in [0, 0.1) is 11.3 Å². The lowest BCUT2D eigenvalue weighted by molar-refractivity contribution is -0.155. The van der Waals surface area contributed by atoms with Crippen LogP contribution in [-0.2, 0) is 14.3 Å². The monoisotopic (exact) mass is 374 g/mol. The number of nitriles is 1. The number of nitrogens with zero attached hydrogens (tertiary/aromatic N) is 1. The molecule has 1 atom stereocenters. The first kappa shape index (κ1) is 18.9. The fourth-order valence-electron chi connectivity index (χ4n) is 2.59. The number of amides is 1. The van der Waals surface area contributed by atoms with E-state index in [4.69, 9.17) is 14.7 Å². The molecule has 3 aromatic rings. The molecule has 0 saturated heterocycles. The van der Waals surface area contributed by atoms with E-state index in [1.807, 2.05) is 42.5 Å². The summed E-state index contributed by atoms with van der Waals surface area (Å²) in [5, 5.41) is 13.6. The van der Waals surface area contributed by atoms with E-state index in [1.54, 1.807) is 24.3 Å². The zero-order chi connectivity index (χ0) is 19.9. The van der Waals surface area contributed by atoms with E-state index >= 15 is 0 Å². The Morgan fingerprint density at radius 1 is 1.04 bits per heavy atom. The van der Waals surface area contributed by atoms with Gasteiger partial charge >= 0.3 is 5.97 Å². The molecule has 0 fully saturated rings. The van der Waals surface area contributed by atoms with Crippen molar-refractivity contribution in [3.8, 4) is 11.8 Å². The van der Waals surface area contributed by atoms with Crippen LogP contribution >= 0.6 is 0 Å². The molecule has 140 valence electrons. The molecule has 3 aromatic carbocycles. The van der Waals surface area contributed by atoms with Crippen molar-refractivity contribution in [2.24, 2.45) is 0 Å². The van der Waals surface area contributed by atoms with Crippen LogP contribution in [-0.4, -0.2) is 24.6 Å². The van der Waals surface area contributed by atoms with Gasteiger partial charge in [-0.05, 0) is 48.0 Å². The van der Waals surface area contributed by atoms with Gasteiger partial charge in [0.15, 0.2) is 12.7 Å². The molecule has 6 nitrogen and oxygen atoms in total. The lowest BCUT2D eigenvalue weighted by Crippen LogP contribution is -2.31. The summed E-state index contributed by atoms with van der Waals surface area (Å²) in [6.07, 6.45) is -1.00. The molecule has 0 aromatic heterocycles. The third kappa shape index (κ3) is 4.86. The van der Waals surface area contributed by atoms with Crippen LogP contribution in [0.2, 0.25) is 0 Å². The molecule has 0 aliphatic rings. The molecule has 0 heterocycles. The predicted molar refractivity (Wildman–Crippen MR) is 105 cm³/mol. The first-order valence-corrected chi connectivity index (χ1v) is 8.67. The number of carbonyl (C=O) groups excluding carboxylic acids is 2. The Balaban J connectivity index is 1.51. The van der Waals surface area contributed by atoms with Crippen LogP contribution in [0.15, 0.2) is 66.7 Å². The van der Waals surface area contributed by atoms with Crippen molar-refractivity contribution < 1.29 is 19.1 Å². The van der Waals surface area contributed by atoms with Gasteiger partial charge in [-0.25, -0.2) is 4.79 Å². The molecule has 0 spiro atoms. The molecule has 3 rings (SSSR count). The second-order valence-corrected chi connectivity index (χ2v) is 6.11. The largest absolute Gasteiger partial charge is 0.482 e. The third-order valence-corrected chi connectivity index (χ3v) is 4.01. The topological polar surface area (TPSA) is 88.4 Å². The van der Waals surface area contributed by atoms with E-state index < -0.39 is 18.0 Å². The van der Waals surface area contributed by atoms with Crippen molar-refractivity contribution in [1.29, 1.82) is 5.26 Å². The van der Waals surface area contributed by atoms with Gasteiger partial charge in [-0.15, -0.1) is 0 Å². The minimum atomic E-state index is -1.00. The minimum Gasteiger partial charge on any atom is -0.482 e. The summed E-state index contributed by atoms with van der Waals surface area (Å²) in [5.41, 5.74) is 0.880. The maximum absolute atomic E-state index is 12.2. The summed E-state index contributed by atoms with van der Waals surface area (Å²) < 4.78 is 10.6. The van der Waals surface area contributed by atoms with E-state index in [0.29, 0.717) is 17.0 Å². The van der Waals surface area contributed by atoms with E-state index in [9.17, 15) is 9.59 Å². The van der Waals surface area contributed by atoms with Crippen LogP contribution in [0.4, 0.5) is 5.69 Å². The second-order valence-electron chi connectivity index (χ2n) is 6.11. The highest BCUT2D eigenvalue weighted by molar-refractivity contribution is 5.95. The first-order valence-electron chi connectivity index (χ1n) is 8.67. The quantitative estimate of drug-likeness (QED) is 0.665. The fraction of sp³-hybridized carbons (Fsp3) is 0.136. The fourth-order valence-corrected chi connectivity index (χ4v) is 2.59. The number of esters is 1. The lowest BCUT2D eigenvalue weighted by Gasteiger charge is -2.14. The predicted octanol–water partition coefficient (Wildman–Crippen LogP) is 3.66. The highest BCUT2D eigenvalue weighted by Crippen LogP contribution is 2.20. The van der Waals surface area contributed by atoms with Crippen molar-refractivity contribution in [2.45, 2.75) is 13.0 Å². The number of anilines is 1. The summed E-state index contributed by atoms with van der Waals surface area (Å²) >= 11 is 0. The van der Waals surface area contributed by atoms with Gasteiger partial charge in [-0.1, -0.05) is 36.4 Å². The number of nitrogens with one attached hydrogen (secondary N) is 1. The van der Waals surface area contributed by atoms with Crippen molar-refractivity contribution in [1.82, 2.24) is 0 Å². The maximum Gasteiger partial charge on any atom is 0.344 e. The van der Waals surface area contributed by atoms with E-state index in [1.165, 1.54) is 13.0 Å². The van der Waals surface area contributed by atoms with Crippen LogP contribution in [0.25, 0.3) is 10.8 Å². The molecule has 0 radical (unpaired) electrons. The van der Waals surface area contributed by atoms with Crippen LogP contribution in [0.3, 0.4) is 0 Å². The Hall–Kier alpha value is -3.85. The maximum atomic E-state index is 12.2. The van der Waals surface area contributed by atoms with Crippen molar-refractivity contribution >= 4 is 28.3 Å². The van der Waals surface area contributed by atoms with Gasteiger partial charge in [0.1, 0.15) is 5.75 Å². The standard InChI is InChI=1S/C22H18N2O4/c1-15(22(26)24-19-8-4-5-16(11-19)13-23)28-21(25)14-27-20-10-9-17-6-2-3-7-18(17)12-20/h2-12,15H,14H2,1H3,(H,24,26)/t15-/m1/s1. The third-order valence-electron chi connectivity index (χ3n) is 4.01. The Labute approximate surface area is 162 Å². The van der Waals surface area contributed by atoms with Gasteiger partial charge in [0.05, 0.1) is 11.6 Å². The summed E-state index contributed by atoms with van der Waals surface area (Å²) in [6, 6.07) is 21.8. The molecule has 0 aliphatic carbocycles. The summed E-state index contributed by atoms with van der Waals surface area (Å²) in [4.78, 5) is 24.1. The van der Waals surface area contributed by atoms with Gasteiger partial charge in [0.2, 0.25) is 0 Å². The number of hydrogen-bond donors (Lipinski definition) is 1. The van der Waals surface area contributed by atoms with Crippen molar-refractivity contribution in [3.05, 3.63) is 72.3 Å². The lowest BCUT2D eigenvalue weighted by atomic mass is 10.1. The molecule has 0 aliphatic heterocycles. The van der Waals surface area contributed by atoms with Gasteiger partial charge in [-0.2, -0.15) is 5.26 Å². The summed E-state index contributed by atoms with van der Waals surface area (Å²) in [7, 11) is 0. The second kappa shape index (κ2) is 8.69. The number of fused-ring (bicyclic) bond motifs is 1. The summed E-state index contributed by atoms with van der Waals surface area (Å²) in [6.45, 7) is 1.16. The molecular formula is C22H18N2O4. The van der Waals surface area contributed by atoms with E-state index in [-0.39, 0.29) is 6.61 Å². The number of benzene rings is 3. The Bertz CT molecular complexity index is 1060. The highest BCUT2D eigenvalue weighted by atomic mass is 16.6. The zero-order valence-corrected chi connectivity index (χ0v) is 15.2. The smallest absolute Gasteiger partial charge is 0.344 e. The average molecular weight is 374 g/mol. The number of hydrogen-bond acceptors (Lipinski definition) is 5. The Morgan fingerprint density at radius 3 is 2.61 bits per heavy atom. The zero-order valence-electron chi connectivity index (χ0n) is 15.2. The van der Waals surface area contributed by atoms with Crippen LogP contribution in [0.1, 0.15) is 12.5 Å². The molecule has 1 N–H and O–H groups in total. The Morgan fingerprint density at radius 2 is 1.82 bits per heavy atom. The molecular weight excluding hydrogens is 356 g/mol. The highest BCUT2D eigenvalue weighted by Gasteiger charge is 2.18. The number of carbonyl (C=O) groups is 2. The van der Waals surface area contributed by atoms with Gasteiger partial charge in [0.25, 0.3) is 5.91 Å². The van der Waals surface area contributed by atoms with E-state index in [2.05, 4.69) is 5.32 Å². The van der Waals surface area contributed by atoms with Crippen molar-refractivity contribution in [3.63, 3.8) is 0 Å². The van der Waals surface area contributed by atoms with Gasteiger partial charge in [0, 0.05) is 5.69 Å². The normalized spacial score (nSPS) is 11.3. The molecule has 0 bridgehead atoms. The van der Waals surface area contributed by atoms with Crippen LogP contribution < -0.4 is 10.1 Å². The average Bonchev–Trinajstić information content (AvgIpc) is 2.72. The van der Waals surface area contributed by atoms with Gasteiger partial charge in [-0.3, -0.25) is 4.79 Å². The molecule has 6 heteroatoms. The van der Waals surface area contributed by atoms with Crippen LogP contribution in [0.5, 0.6) is 5.75 Å². The number of ether oxygens (including phenoxy) is 2. The molecule has 0 saturated carbocycles. The molecule has 0 unspecified atom stereocenters. The van der Waals surface area contributed by atoms with Crippen molar-refractivity contribution in [2.75, 3.05) is 11.9 Å². The summed E-state index contributed by atoms with van der Waals surface area (Å²) in [5.74, 6) is -0.600. The first-order chi connectivity index (χ1) is 13.5. The molecule has 28 heavy (non-hydrogen) atoms. The van der Waals surface area contributed by atoms with Gasteiger partial charge < -0.3 is 14.8 Å².